The normalized spacial score (nSPS) is 14.9. The van der Waals surface area contributed by atoms with Crippen LogP contribution in [0.1, 0.15) is 36.0 Å². The van der Waals surface area contributed by atoms with E-state index in [1.165, 1.54) is 37.9 Å². The molecule has 0 saturated carbocycles. The lowest BCUT2D eigenvalue weighted by molar-refractivity contribution is 0.221. The van der Waals surface area contributed by atoms with Crippen LogP contribution in [-0.2, 0) is 6.54 Å². The molecule has 1 fully saturated rings. The summed E-state index contributed by atoms with van der Waals surface area (Å²) in [5, 5.41) is 12.0. The summed E-state index contributed by atoms with van der Waals surface area (Å²) in [6.07, 6.45) is 7.96. The van der Waals surface area contributed by atoms with Crippen LogP contribution in [0.5, 0.6) is 5.88 Å². The van der Waals surface area contributed by atoms with Gasteiger partial charge in [-0.25, -0.2) is 4.99 Å². The summed E-state index contributed by atoms with van der Waals surface area (Å²) in [5.41, 5.74) is 6.50. The number of nitrogens with one attached hydrogen (secondary N) is 1. The molecule has 5 aromatic rings. The molecule has 3 heterocycles. The van der Waals surface area contributed by atoms with Crippen molar-refractivity contribution < 1.29 is 5.11 Å². The molecule has 5 nitrogen and oxygen atoms in total. The van der Waals surface area contributed by atoms with Crippen LogP contribution in [0.4, 0.5) is 5.69 Å². The minimum absolute atomic E-state index is 0.124. The van der Waals surface area contributed by atoms with Gasteiger partial charge in [-0.05, 0) is 74.0 Å². The van der Waals surface area contributed by atoms with Crippen LogP contribution in [0.15, 0.2) is 102 Å². The lowest BCUT2D eigenvalue weighted by Gasteiger charge is -2.26. The molecule has 0 aliphatic carbocycles. The van der Waals surface area contributed by atoms with Gasteiger partial charge in [-0.1, -0.05) is 48.9 Å². The largest absolute Gasteiger partial charge is 0.494 e. The van der Waals surface area contributed by atoms with E-state index in [0.29, 0.717) is 5.56 Å². The van der Waals surface area contributed by atoms with Gasteiger partial charge in [0, 0.05) is 35.6 Å². The predicted octanol–water partition coefficient (Wildman–Crippen LogP) is 6.82. The molecule has 6 rings (SSSR count). The van der Waals surface area contributed by atoms with E-state index in [0.717, 1.165) is 40.1 Å². The van der Waals surface area contributed by atoms with Crippen LogP contribution >= 0.6 is 0 Å². The van der Waals surface area contributed by atoms with Gasteiger partial charge in [-0.15, -0.1) is 0 Å². The molecule has 3 aromatic carbocycles. The molecular weight excluding hydrogens is 444 g/mol. The van der Waals surface area contributed by atoms with Crippen LogP contribution in [0.25, 0.3) is 16.6 Å². The van der Waals surface area contributed by atoms with Crippen molar-refractivity contribution in [1.29, 1.82) is 0 Å². The number of rotatable bonds is 6. The van der Waals surface area contributed by atoms with Crippen molar-refractivity contribution in [2.75, 3.05) is 13.1 Å². The second-order valence-corrected chi connectivity index (χ2v) is 9.50. The summed E-state index contributed by atoms with van der Waals surface area (Å²) >= 11 is 0. The van der Waals surface area contributed by atoms with E-state index in [-0.39, 0.29) is 5.88 Å². The summed E-state index contributed by atoms with van der Waals surface area (Å²) in [7, 11) is 0. The number of aromatic hydroxyl groups is 1. The summed E-state index contributed by atoms with van der Waals surface area (Å²) in [6, 6.07) is 28.8. The fraction of sp³-hybridized carbons (Fsp3) is 0.194. The molecule has 0 spiro atoms. The number of hydrogen-bond acceptors (Lipinski definition) is 3. The first-order valence-corrected chi connectivity index (χ1v) is 12.7. The highest BCUT2D eigenvalue weighted by Crippen LogP contribution is 2.33. The molecule has 0 unspecified atom stereocenters. The van der Waals surface area contributed by atoms with Crippen molar-refractivity contribution in [2.24, 2.45) is 4.99 Å². The molecule has 1 aliphatic rings. The maximum atomic E-state index is 11.0. The topological polar surface area (TPSA) is 56.5 Å². The van der Waals surface area contributed by atoms with Crippen molar-refractivity contribution in [3.05, 3.63) is 114 Å². The third-order valence-corrected chi connectivity index (χ3v) is 6.98. The number of piperidine rings is 1. The Labute approximate surface area is 211 Å². The van der Waals surface area contributed by atoms with E-state index in [1.807, 2.05) is 54.9 Å². The molecule has 2 N–H and O–H groups in total. The molecule has 5 heteroatoms. The number of aliphatic imine (C=N–C) groups is 1. The summed E-state index contributed by atoms with van der Waals surface area (Å²) < 4.78 is 2.05. The summed E-state index contributed by atoms with van der Waals surface area (Å²) in [5.74, 6) is 0.124. The van der Waals surface area contributed by atoms with Gasteiger partial charge in [0.1, 0.15) is 0 Å². The Balaban J connectivity index is 1.38. The smallest absolute Gasteiger partial charge is 0.199 e. The first-order valence-electron chi connectivity index (χ1n) is 12.7. The molecule has 36 heavy (non-hydrogen) atoms. The van der Waals surface area contributed by atoms with E-state index in [2.05, 4.69) is 56.9 Å². The number of H-pyrrole nitrogens is 1. The van der Waals surface area contributed by atoms with Gasteiger partial charge < -0.3 is 14.7 Å². The maximum absolute atomic E-state index is 11.0. The van der Waals surface area contributed by atoms with Gasteiger partial charge in [0.05, 0.1) is 22.5 Å². The van der Waals surface area contributed by atoms with E-state index >= 15 is 0 Å². The van der Waals surface area contributed by atoms with Crippen molar-refractivity contribution in [2.45, 2.75) is 25.8 Å². The highest BCUT2D eigenvalue weighted by atomic mass is 16.3. The Bertz CT molecular complexity index is 1480. The highest BCUT2D eigenvalue weighted by Gasteiger charge is 2.19. The zero-order valence-electron chi connectivity index (χ0n) is 20.3. The minimum atomic E-state index is 0.124. The predicted molar refractivity (Wildman–Crippen MR) is 147 cm³/mol. The van der Waals surface area contributed by atoms with Gasteiger partial charge in [0.25, 0.3) is 0 Å². The number of aromatic amines is 1. The quantitative estimate of drug-likeness (QED) is 0.265. The average Bonchev–Trinajstić information content (AvgIpc) is 3.57. The molecule has 0 atom stereocenters. The molecule has 0 bridgehead atoms. The van der Waals surface area contributed by atoms with Crippen LogP contribution in [0.3, 0.4) is 0 Å². The fourth-order valence-corrected chi connectivity index (χ4v) is 5.12. The number of benzene rings is 3. The van der Waals surface area contributed by atoms with Crippen molar-refractivity contribution in [3.63, 3.8) is 0 Å². The molecule has 180 valence electrons. The molecule has 0 amide bonds. The van der Waals surface area contributed by atoms with Gasteiger partial charge in [-0.2, -0.15) is 0 Å². The Hall–Kier alpha value is -4.09. The fourth-order valence-electron chi connectivity index (χ4n) is 5.12. The number of hydrogen-bond donors (Lipinski definition) is 2. The SMILES string of the molecule is Oc1[nH]c2cc(-n3cccc3)ccc2c1C(=Nc1ccc(CN2CCCCC2)cc1)c1ccccc1. The van der Waals surface area contributed by atoms with Crippen molar-refractivity contribution in [1.82, 2.24) is 14.5 Å². The van der Waals surface area contributed by atoms with Crippen LogP contribution in [0, 0.1) is 0 Å². The van der Waals surface area contributed by atoms with Crippen LogP contribution in [0.2, 0.25) is 0 Å². The Morgan fingerprint density at radius 1 is 0.833 bits per heavy atom. The third-order valence-electron chi connectivity index (χ3n) is 6.98. The molecule has 1 aliphatic heterocycles. The molecule has 0 radical (unpaired) electrons. The first kappa shape index (κ1) is 22.4. The molecule has 1 saturated heterocycles. The van der Waals surface area contributed by atoms with E-state index in [1.54, 1.807) is 0 Å². The zero-order chi connectivity index (χ0) is 24.3. The minimum Gasteiger partial charge on any atom is -0.494 e. The average molecular weight is 475 g/mol. The second kappa shape index (κ2) is 9.88. The highest BCUT2D eigenvalue weighted by molar-refractivity contribution is 6.22. The first-order chi connectivity index (χ1) is 17.7. The van der Waals surface area contributed by atoms with Crippen molar-refractivity contribution in [3.8, 4) is 11.6 Å². The molecular formula is C31H30N4O. The van der Waals surface area contributed by atoms with E-state index in [4.69, 9.17) is 4.99 Å². The maximum Gasteiger partial charge on any atom is 0.199 e. The monoisotopic (exact) mass is 474 g/mol. The second-order valence-electron chi connectivity index (χ2n) is 9.50. The summed E-state index contributed by atoms with van der Waals surface area (Å²) in [4.78, 5) is 10.8. The molecule has 2 aromatic heterocycles. The number of nitrogens with zero attached hydrogens (tertiary/aromatic N) is 3. The Morgan fingerprint density at radius 3 is 2.33 bits per heavy atom. The van der Waals surface area contributed by atoms with Crippen molar-refractivity contribution >= 4 is 22.3 Å². The third kappa shape index (κ3) is 4.58. The number of aromatic nitrogens is 2. The zero-order valence-corrected chi connectivity index (χ0v) is 20.3. The summed E-state index contributed by atoms with van der Waals surface area (Å²) in [6.45, 7) is 3.36. The van der Waals surface area contributed by atoms with E-state index < -0.39 is 0 Å². The van der Waals surface area contributed by atoms with Crippen LogP contribution < -0.4 is 0 Å². The van der Waals surface area contributed by atoms with Gasteiger partial charge in [0.15, 0.2) is 5.88 Å². The lowest BCUT2D eigenvalue weighted by atomic mass is 10.0. The van der Waals surface area contributed by atoms with E-state index in [9.17, 15) is 5.11 Å². The van der Waals surface area contributed by atoms with Crippen LogP contribution in [-0.4, -0.2) is 38.4 Å². The lowest BCUT2D eigenvalue weighted by Crippen LogP contribution is -2.28. The Morgan fingerprint density at radius 2 is 1.58 bits per heavy atom. The van der Waals surface area contributed by atoms with Gasteiger partial charge >= 0.3 is 0 Å². The van der Waals surface area contributed by atoms with Gasteiger partial charge in [0.2, 0.25) is 0 Å². The standard InChI is InChI=1S/C31H30N4O/c36-31-29(27-16-15-26(21-28(27)33-31)35-19-7-8-20-35)30(24-9-3-1-4-10-24)32-25-13-11-23(12-14-25)22-34-17-5-2-6-18-34/h1,3-4,7-16,19-21,33,36H,2,5-6,17-18,22H2. The van der Waals surface area contributed by atoms with Gasteiger partial charge in [-0.3, -0.25) is 4.90 Å². The number of fused-ring (bicyclic) bond motifs is 1. The number of likely N-dealkylation sites (tertiary alicyclic amines) is 1. The Kier molecular flexibility index (Phi) is 6.14.